The van der Waals surface area contributed by atoms with Crippen molar-refractivity contribution in [2.45, 2.75) is 31.7 Å². The van der Waals surface area contributed by atoms with Crippen LogP contribution in [0.1, 0.15) is 37.3 Å². The maximum absolute atomic E-state index is 13.9. The lowest BCUT2D eigenvalue weighted by atomic mass is 9.98. The Morgan fingerprint density at radius 2 is 2.10 bits per heavy atom. The second kappa shape index (κ2) is 8.66. The molecular formula is C17H24BrFN2. The van der Waals surface area contributed by atoms with E-state index in [0.29, 0.717) is 10.5 Å². The number of benzene rings is 1. The molecule has 1 aromatic rings. The molecule has 0 radical (unpaired) electrons. The van der Waals surface area contributed by atoms with E-state index in [4.69, 9.17) is 0 Å². The van der Waals surface area contributed by atoms with E-state index in [9.17, 15) is 4.39 Å². The van der Waals surface area contributed by atoms with Crippen LogP contribution < -0.4 is 5.32 Å². The molecule has 0 bridgehead atoms. The van der Waals surface area contributed by atoms with E-state index in [0.717, 1.165) is 57.4 Å². The van der Waals surface area contributed by atoms with Crippen molar-refractivity contribution in [2.75, 3.05) is 26.2 Å². The molecule has 1 aliphatic heterocycles. The summed E-state index contributed by atoms with van der Waals surface area (Å²) in [5.74, 6) is -0.168. The van der Waals surface area contributed by atoms with E-state index < -0.39 is 0 Å². The Morgan fingerprint density at radius 3 is 2.76 bits per heavy atom. The second-order valence-corrected chi connectivity index (χ2v) is 6.40. The summed E-state index contributed by atoms with van der Waals surface area (Å²) >= 11 is 3.24. The number of piperazine rings is 1. The Bertz CT molecular complexity index is 458. The SMILES string of the molecule is C=CCCCC[C@@H](c1ccc(Br)c(F)c1)N1CCNCC1. The number of nitrogens with one attached hydrogen (secondary N) is 1. The molecule has 1 aliphatic rings. The van der Waals surface area contributed by atoms with Gasteiger partial charge in [-0.2, -0.15) is 0 Å². The van der Waals surface area contributed by atoms with Crippen LogP contribution >= 0.6 is 15.9 Å². The van der Waals surface area contributed by atoms with Crippen LogP contribution in [0.4, 0.5) is 4.39 Å². The van der Waals surface area contributed by atoms with Gasteiger partial charge in [-0.1, -0.05) is 18.6 Å². The lowest BCUT2D eigenvalue weighted by Gasteiger charge is -2.35. The lowest BCUT2D eigenvalue weighted by molar-refractivity contribution is 0.162. The largest absolute Gasteiger partial charge is 0.314 e. The Kier molecular flexibility index (Phi) is 6.87. The van der Waals surface area contributed by atoms with Crippen molar-refractivity contribution in [3.63, 3.8) is 0 Å². The van der Waals surface area contributed by atoms with Crippen molar-refractivity contribution >= 4 is 15.9 Å². The standard InChI is InChI=1S/C17H24BrFN2/c1-2-3-4-5-6-17(21-11-9-20-10-12-21)14-7-8-15(18)16(19)13-14/h2,7-8,13,17,20H,1,3-6,9-12H2/t17-/m0/s1. The minimum absolute atomic E-state index is 0.168. The van der Waals surface area contributed by atoms with Crippen LogP contribution in [0.3, 0.4) is 0 Å². The molecule has 21 heavy (non-hydrogen) atoms. The summed E-state index contributed by atoms with van der Waals surface area (Å²) < 4.78 is 14.4. The summed E-state index contributed by atoms with van der Waals surface area (Å²) in [4.78, 5) is 2.48. The minimum atomic E-state index is -0.168. The number of unbranched alkanes of at least 4 members (excludes halogenated alkanes) is 2. The lowest BCUT2D eigenvalue weighted by Crippen LogP contribution is -2.45. The van der Waals surface area contributed by atoms with Gasteiger partial charge < -0.3 is 5.32 Å². The summed E-state index contributed by atoms with van der Waals surface area (Å²) in [6.07, 6.45) is 6.42. The Morgan fingerprint density at radius 1 is 1.33 bits per heavy atom. The number of halogens is 2. The molecule has 0 spiro atoms. The molecule has 1 atom stereocenters. The fourth-order valence-corrected chi connectivity index (χ4v) is 3.15. The van der Waals surface area contributed by atoms with Gasteiger partial charge in [0, 0.05) is 32.2 Å². The maximum Gasteiger partial charge on any atom is 0.137 e. The summed E-state index contributed by atoms with van der Waals surface area (Å²) in [5, 5.41) is 3.38. The first-order valence-electron chi connectivity index (χ1n) is 7.73. The molecule has 116 valence electrons. The van der Waals surface area contributed by atoms with Gasteiger partial charge in [-0.05, 0) is 52.9 Å². The predicted molar refractivity (Wildman–Crippen MR) is 89.9 cm³/mol. The number of nitrogens with zero attached hydrogens (tertiary/aromatic N) is 1. The first-order chi connectivity index (χ1) is 10.2. The van der Waals surface area contributed by atoms with Crippen LogP contribution in [0, 0.1) is 5.82 Å². The van der Waals surface area contributed by atoms with Crippen molar-refractivity contribution in [3.05, 3.63) is 46.7 Å². The molecule has 0 amide bonds. The average Bonchev–Trinajstić information content (AvgIpc) is 2.51. The molecule has 1 fully saturated rings. The van der Waals surface area contributed by atoms with Gasteiger partial charge in [-0.3, -0.25) is 4.90 Å². The van der Waals surface area contributed by atoms with E-state index in [2.05, 4.69) is 32.7 Å². The molecular weight excluding hydrogens is 331 g/mol. The van der Waals surface area contributed by atoms with Gasteiger partial charge in [-0.15, -0.1) is 6.58 Å². The monoisotopic (exact) mass is 354 g/mol. The van der Waals surface area contributed by atoms with Gasteiger partial charge in [-0.25, -0.2) is 4.39 Å². The first-order valence-corrected chi connectivity index (χ1v) is 8.52. The zero-order valence-electron chi connectivity index (χ0n) is 12.5. The normalized spacial score (nSPS) is 17.6. The Labute approximate surface area is 135 Å². The molecule has 4 heteroatoms. The van der Waals surface area contributed by atoms with Crippen LogP contribution in [0.15, 0.2) is 35.3 Å². The van der Waals surface area contributed by atoms with Crippen molar-refractivity contribution in [1.82, 2.24) is 10.2 Å². The van der Waals surface area contributed by atoms with Gasteiger partial charge >= 0.3 is 0 Å². The highest BCUT2D eigenvalue weighted by atomic mass is 79.9. The summed E-state index contributed by atoms with van der Waals surface area (Å²) in [7, 11) is 0. The van der Waals surface area contributed by atoms with Gasteiger partial charge in [0.25, 0.3) is 0 Å². The molecule has 2 rings (SSSR count). The van der Waals surface area contributed by atoms with Crippen LogP contribution in [0.5, 0.6) is 0 Å². The molecule has 1 aromatic carbocycles. The van der Waals surface area contributed by atoms with Gasteiger partial charge in [0.2, 0.25) is 0 Å². The van der Waals surface area contributed by atoms with Crippen LogP contribution in [0.25, 0.3) is 0 Å². The fraction of sp³-hybridized carbons (Fsp3) is 0.529. The number of allylic oxidation sites excluding steroid dienone is 1. The van der Waals surface area contributed by atoms with Crippen molar-refractivity contribution in [1.29, 1.82) is 0 Å². The van der Waals surface area contributed by atoms with Crippen molar-refractivity contribution in [3.8, 4) is 0 Å². The minimum Gasteiger partial charge on any atom is -0.314 e. The fourth-order valence-electron chi connectivity index (χ4n) is 2.90. The first kappa shape index (κ1) is 16.7. The summed E-state index contributed by atoms with van der Waals surface area (Å²) in [5.41, 5.74) is 1.09. The third-order valence-corrected chi connectivity index (χ3v) is 4.70. The van der Waals surface area contributed by atoms with Gasteiger partial charge in [0.05, 0.1) is 4.47 Å². The molecule has 0 saturated carbocycles. The molecule has 1 heterocycles. The Balaban J connectivity index is 2.09. The van der Waals surface area contributed by atoms with Gasteiger partial charge in [0.1, 0.15) is 5.82 Å². The third kappa shape index (κ3) is 4.90. The highest BCUT2D eigenvalue weighted by Gasteiger charge is 2.22. The van der Waals surface area contributed by atoms with Gasteiger partial charge in [0.15, 0.2) is 0 Å². The summed E-state index contributed by atoms with van der Waals surface area (Å²) in [6.45, 7) is 7.87. The zero-order valence-corrected chi connectivity index (χ0v) is 14.0. The highest BCUT2D eigenvalue weighted by molar-refractivity contribution is 9.10. The second-order valence-electron chi connectivity index (χ2n) is 5.55. The number of hydrogen-bond donors (Lipinski definition) is 1. The van der Waals surface area contributed by atoms with Crippen LogP contribution in [-0.2, 0) is 0 Å². The van der Waals surface area contributed by atoms with E-state index in [1.807, 2.05) is 18.2 Å². The topological polar surface area (TPSA) is 15.3 Å². The van der Waals surface area contributed by atoms with Crippen LogP contribution in [0.2, 0.25) is 0 Å². The summed E-state index contributed by atoms with van der Waals surface area (Å²) in [6, 6.07) is 5.88. The van der Waals surface area contributed by atoms with Crippen molar-refractivity contribution < 1.29 is 4.39 Å². The predicted octanol–water partition coefficient (Wildman–Crippen LogP) is 4.28. The molecule has 0 aliphatic carbocycles. The Hall–Kier alpha value is -0.710. The number of rotatable bonds is 7. The maximum atomic E-state index is 13.9. The highest BCUT2D eigenvalue weighted by Crippen LogP contribution is 2.29. The van der Waals surface area contributed by atoms with Crippen molar-refractivity contribution in [2.24, 2.45) is 0 Å². The van der Waals surface area contributed by atoms with E-state index in [-0.39, 0.29) is 5.82 Å². The average molecular weight is 355 g/mol. The quantitative estimate of drug-likeness (QED) is 0.580. The molecule has 1 N–H and O–H groups in total. The van der Waals surface area contributed by atoms with Crippen LogP contribution in [-0.4, -0.2) is 31.1 Å². The van der Waals surface area contributed by atoms with E-state index in [1.54, 1.807) is 6.07 Å². The number of hydrogen-bond acceptors (Lipinski definition) is 2. The zero-order chi connectivity index (χ0) is 15.1. The molecule has 0 aromatic heterocycles. The smallest absolute Gasteiger partial charge is 0.137 e. The molecule has 0 unspecified atom stereocenters. The van der Waals surface area contributed by atoms with E-state index in [1.165, 1.54) is 0 Å². The third-order valence-electron chi connectivity index (χ3n) is 4.06. The molecule has 1 saturated heterocycles. The molecule has 2 nitrogen and oxygen atoms in total. The van der Waals surface area contributed by atoms with E-state index >= 15 is 0 Å².